The SMILES string of the molecule is CC1(C)CCC2(C(=O)O)CCC3(C)C(=C2C1)C=CC1C2(C)CCC(=O)C(C)(C)C2C(O)CC13C. The molecule has 188 valence electrons. The molecule has 0 spiro atoms. The third-order valence-electron chi connectivity index (χ3n) is 12.1. The molecule has 0 bridgehead atoms. The van der Waals surface area contributed by atoms with E-state index in [1.807, 2.05) is 13.8 Å². The van der Waals surface area contributed by atoms with Gasteiger partial charge in [-0.05, 0) is 83.7 Å². The standard InChI is InChI=1S/C30H44O4/c1-25(2)12-14-30(24(33)34)15-13-28(6)18(19(30)16-25)8-9-21-27(5)11-10-22(32)26(3,4)23(27)20(31)17-29(21,28)7/h8-9,20-21,23,31H,10-17H2,1-7H3,(H,33,34). The van der Waals surface area contributed by atoms with Gasteiger partial charge in [-0.3, -0.25) is 9.59 Å². The fourth-order valence-corrected chi connectivity index (χ4v) is 9.95. The zero-order chi connectivity index (χ0) is 25.1. The minimum atomic E-state index is -0.739. The Morgan fingerprint density at radius 1 is 0.971 bits per heavy atom. The van der Waals surface area contributed by atoms with Crippen molar-refractivity contribution in [2.75, 3.05) is 0 Å². The molecule has 2 N–H and O–H groups in total. The molecule has 34 heavy (non-hydrogen) atoms. The molecular weight excluding hydrogens is 424 g/mol. The second kappa shape index (κ2) is 6.87. The first-order valence-corrected chi connectivity index (χ1v) is 13.4. The van der Waals surface area contributed by atoms with Crippen LogP contribution in [0.3, 0.4) is 0 Å². The molecule has 0 aliphatic heterocycles. The minimum Gasteiger partial charge on any atom is -0.481 e. The third kappa shape index (κ3) is 2.75. The van der Waals surface area contributed by atoms with Crippen LogP contribution in [0.2, 0.25) is 0 Å². The van der Waals surface area contributed by atoms with E-state index in [9.17, 15) is 19.8 Å². The summed E-state index contributed by atoms with van der Waals surface area (Å²) in [5.74, 6) is -0.183. The van der Waals surface area contributed by atoms with Gasteiger partial charge in [-0.1, -0.05) is 60.6 Å². The number of rotatable bonds is 1. The van der Waals surface area contributed by atoms with E-state index >= 15 is 0 Å². The van der Waals surface area contributed by atoms with Gasteiger partial charge in [0, 0.05) is 17.8 Å². The van der Waals surface area contributed by atoms with E-state index in [-0.39, 0.29) is 39.3 Å². The lowest BCUT2D eigenvalue weighted by molar-refractivity contribution is -0.202. The fraction of sp³-hybridized carbons (Fsp3) is 0.800. The number of hydrogen-bond acceptors (Lipinski definition) is 3. The predicted molar refractivity (Wildman–Crippen MR) is 133 cm³/mol. The van der Waals surface area contributed by atoms with Gasteiger partial charge < -0.3 is 10.2 Å². The predicted octanol–water partition coefficient (Wildman–Crippen LogP) is 6.33. The third-order valence-corrected chi connectivity index (χ3v) is 12.1. The van der Waals surface area contributed by atoms with Crippen LogP contribution in [-0.4, -0.2) is 28.1 Å². The molecule has 3 saturated carbocycles. The quantitative estimate of drug-likeness (QED) is 0.471. The number of ketones is 1. The van der Waals surface area contributed by atoms with E-state index in [4.69, 9.17) is 0 Å². The maximum absolute atomic E-state index is 12.9. The van der Waals surface area contributed by atoms with Gasteiger partial charge in [0.05, 0.1) is 11.5 Å². The number of carboxylic acid groups (broad SMARTS) is 1. The monoisotopic (exact) mass is 468 g/mol. The summed E-state index contributed by atoms with van der Waals surface area (Å²) in [6.45, 7) is 15.6. The van der Waals surface area contributed by atoms with E-state index in [1.54, 1.807) is 0 Å². The molecule has 0 aromatic carbocycles. The molecule has 0 amide bonds. The van der Waals surface area contributed by atoms with Gasteiger partial charge in [0.1, 0.15) is 5.78 Å². The van der Waals surface area contributed by atoms with Gasteiger partial charge in [0.25, 0.3) is 0 Å². The molecular formula is C30H44O4. The highest BCUT2D eigenvalue weighted by molar-refractivity contribution is 5.85. The Hall–Kier alpha value is -1.42. The summed E-state index contributed by atoms with van der Waals surface area (Å²) in [6, 6.07) is 0. The molecule has 0 aromatic rings. The summed E-state index contributed by atoms with van der Waals surface area (Å²) in [6.07, 6.45) is 10.2. The average Bonchev–Trinajstić information content (AvgIpc) is 2.70. The van der Waals surface area contributed by atoms with Crippen molar-refractivity contribution in [3.05, 3.63) is 23.3 Å². The normalized spacial score (nSPS) is 48.9. The lowest BCUT2D eigenvalue weighted by atomic mass is 9.35. The Bertz CT molecular complexity index is 1020. The number of carbonyl (C=O) groups excluding carboxylic acids is 1. The highest BCUT2D eigenvalue weighted by Gasteiger charge is 2.69. The Morgan fingerprint density at radius 3 is 2.26 bits per heavy atom. The lowest BCUT2D eigenvalue weighted by Gasteiger charge is -2.69. The first kappa shape index (κ1) is 24.3. The van der Waals surface area contributed by atoms with E-state index < -0.39 is 22.9 Å². The zero-order valence-electron chi connectivity index (χ0n) is 22.3. The van der Waals surface area contributed by atoms with Crippen molar-refractivity contribution in [2.45, 2.75) is 106 Å². The summed E-state index contributed by atoms with van der Waals surface area (Å²) in [5.41, 5.74) is 0.701. The number of Topliss-reactive ketones (excluding diaryl/α,β-unsaturated/α-hetero) is 1. The molecule has 4 heteroatoms. The highest BCUT2D eigenvalue weighted by Crippen LogP contribution is 2.73. The van der Waals surface area contributed by atoms with Gasteiger partial charge in [0.15, 0.2) is 0 Å². The first-order chi connectivity index (χ1) is 15.6. The minimum absolute atomic E-state index is 0.0582. The van der Waals surface area contributed by atoms with Gasteiger partial charge in [0.2, 0.25) is 0 Å². The maximum Gasteiger partial charge on any atom is 0.313 e. The van der Waals surface area contributed by atoms with Crippen LogP contribution in [0.25, 0.3) is 0 Å². The smallest absolute Gasteiger partial charge is 0.313 e. The molecule has 5 aliphatic carbocycles. The highest BCUT2D eigenvalue weighted by atomic mass is 16.4. The van der Waals surface area contributed by atoms with Crippen LogP contribution in [0.4, 0.5) is 0 Å². The zero-order valence-corrected chi connectivity index (χ0v) is 22.3. The Balaban J connectivity index is 1.71. The molecule has 5 aliphatic rings. The van der Waals surface area contributed by atoms with Gasteiger partial charge in [-0.15, -0.1) is 0 Å². The number of carbonyl (C=O) groups is 2. The van der Waals surface area contributed by atoms with Crippen molar-refractivity contribution in [2.24, 2.45) is 44.3 Å². The summed E-state index contributed by atoms with van der Waals surface area (Å²) in [4.78, 5) is 25.6. The van der Waals surface area contributed by atoms with Crippen LogP contribution in [-0.2, 0) is 9.59 Å². The van der Waals surface area contributed by atoms with Crippen LogP contribution in [0.15, 0.2) is 23.3 Å². The van der Waals surface area contributed by atoms with Crippen LogP contribution in [0, 0.1) is 44.3 Å². The second-order valence-corrected chi connectivity index (χ2v) is 14.6. The van der Waals surface area contributed by atoms with E-state index in [0.29, 0.717) is 19.3 Å². The van der Waals surface area contributed by atoms with E-state index in [2.05, 4.69) is 46.8 Å². The number of hydrogen-bond donors (Lipinski definition) is 2. The molecule has 7 atom stereocenters. The summed E-state index contributed by atoms with van der Waals surface area (Å²) >= 11 is 0. The Kier molecular flexibility index (Phi) is 4.90. The number of aliphatic hydroxyl groups is 1. The Labute approximate surface area is 205 Å². The molecule has 7 unspecified atom stereocenters. The summed E-state index contributed by atoms with van der Waals surface area (Å²) in [7, 11) is 0. The van der Waals surface area contributed by atoms with Gasteiger partial charge in [-0.2, -0.15) is 0 Å². The molecule has 4 nitrogen and oxygen atoms in total. The molecule has 3 fully saturated rings. The maximum atomic E-state index is 12.9. The van der Waals surface area contributed by atoms with Crippen LogP contribution in [0.1, 0.15) is 99.8 Å². The fourth-order valence-electron chi connectivity index (χ4n) is 9.95. The van der Waals surface area contributed by atoms with Crippen LogP contribution < -0.4 is 0 Å². The largest absolute Gasteiger partial charge is 0.481 e. The number of carboxylic acids is 1. The number of allylic oxidation sites excluding steroid dienone is 3. The van der Waals surface area contributed by atoms with Crippen molar-refractivity contribution in [3.8, 4) is 0 Å². The Morgan fingerprint density at radius 2 is 1.62 bits per heavy atom. The number of aliphatic carboxylic acids is 1. The average molecular weight is 469 g/mol. The van der Waals surface area contributed by atoms with E-state index in [1.165, 1.54) is 5.57 Å². The van der Waals surface area contributed by atoms with Crippen molar-refractivity contribution in [1.29, 1.82) is 0 Å². The van der Waals surface area contributed by atoms with Crippen molar-refractivity contribution >= 4 is 11.8 Å². The summed E-state index contributed by atoms with van der Waals surface area (Å²) < 4.78 is 0. The summed E-state index contributed by atoms with van der Waals surface area (Å²) in [5, 5.41) is 22.2. The first-order valence-electron chi connectivity index (χ1n) is 13.4. The molecule has 0 aromatic heterocycles. The van der Waals surface area contributed by atoms with E-state index in [0.717, 1.165) is 37.7 Å². The van der Waals surface area contributed by atoms with Crippen molar-refractivity contribution < 1.29 is 19.8 Å². The second-order valence-electron chi connectivity index (χ2n) is 14.6. The number of aliphatic hydroxyl groups excluding tert-OH is 1. The van der Waals surface area contributed by atoms with Gasteiger partial charge >= 0.3 is 5.97 Å². The number of fused-ring (bicyclic) bond motifs is 6. The van der Waals surface area contributed by atoms with Gasteiger partial charge in [-0.25, -0.2) is 0 Å². The van der Waals surface area contributed by atoms with Crippen LogP contribution >= 0.6 is 0 Å². The van der Waals surface area contributed by atoms with Crippen LogP contribution in [0.5, 0.6) is 0 Å². The topological polar surface area (TPSA) is 74.6 Å². The molecule has 0 heterocycles. The lowest BCUT2D eigenvalue weighted by Crippen LogP contribution is -2.66. The molecule has 0 radical (unpaired) electrons. The molecule has 0 saturated heterocycles. The molecule has 5 rings (SSSR count). The van der Waals surface area contributed by atoms with Crippen molar-refractivity contribution in [3.63, 3.8) is 0 Å². The van der Waals surface area contributed by atoms with Crippen molar-refractivity contribution in [1.82, 2.24) is 0 Å².